The highest BCUT2D eigenvalue weighted by molar-refractivity contribution is 7.89. The van der Waals surface area contributed by atoms with Crippen molar-refractivity contribution in [3.8, 4) is 5.75 Å². The molecule has 21 heavy (non-hydrogen) atoms. The molecule has 0 saturated heterocycles. The molecule has 0 fully saturated rings. The fourth-order valence-electron chi connectivity index (χ4n) is 1.84. The minimum atomic E-state index is -3.70. The van der Waals surface area contributed by atoms with Crippen molar-refractivity contribution in [3.05, 3.63) is 58.1 Å². The maximum Gasteiger partial charge on any atom is 0.241 e. The Balaban J connectivity index is 2.25. The van der Waals surface area contributed by atoms with E-state index in [1.54, 1.807) is 25.1 Å². The molecule has 0 aliphatic rings. The molecule has 0 radical (unpaired) electrons. The number of sulfonamides is 1. The van der Waals surface area contributed by atoms with E-state index < -0.39 is 16.1 Å². The van der Waals surface area contributed by atoms with Gasteiger partial charge in [-0.15, -0.1) is 0 Å². The molecular formula is C14H13Cl2NO3S. The Morgan fingerprint density at radius 3 is 2.29 bits per heavy atom. The van der Waals surface area contributed by atoms with Gasteiger partial charge in [0.2, 0.25) is 10.0 Å². The molecule has 0 heterocycles. The van der Waals surface area contributed by atoms with Crippen LogP contribution in [0.25, 0.3) is 0 Å². The summed E-state index contributed by atoms with van der Waals surface area (Å²) < 4.78 is 27.0. The van der Waals surface area contributed by atoms with Crippen LogP contribution >= 0.6 is 23.2 Å². The first-order valence-electron chi connectivity index (χ1n) is 6.06. The Hall–Kier alpha value is -1.27. The maximum absolute atomic E-state index is 12.2. The highest BCUT2D eigenvalue weighted by Gasteiger charge is 2.19. The van der Waals surface area contributed by atoms with Gasteiger partial charge in [0.15, 0.2) is 0 Å². The number of phenols is 1. The van der Waals surface area contributed by atoms with E-state index in [-0.39, 0.29) is 10.6 Å². The Kier molecular flexibility index (Phi) is 4.78. The third kappa shape index (κ3) is 3.89. The summed E-state index contributed by atoms with van der Waals surface area (Å²) in [6, 6.07) is 9.64. The van der Waals surface area contributed by atoms with E-state index in [0.29, 0.717) is 15.6 Å². The van der Waals surface area contributed by atoms with Crippen LogP contribution in [0.4, 0.5) is 0 Å². The molecule has 2 N–H and O–H groups in total. The second-order valence-electron chi connectivity index (χ2n) is 4.50. The number of halogens is 2. The predicted molar refractivity (Wildman–Crippen MR) is 83.3 cm³/mol. The van der Waals surface area contributed by atoms with E-state index in [9.17, 15) is 13.5 Å². The van der Waals surface area contributed by atoms with Gasteiger partial charge in [0.25, 0.3) is 0 Å². The lowest BCUT2D eigenvalue weighted by Gasteiger charge is -2.16. The summed E-state index contributed by atoms with van der Waals surface area (Å²) in [5.41, 5.74) is 0.628. The van der Waals surface area contributed by atoms with Crippen molar-refractivity contribution in [1.82, 2.24) is 4.72 Å². The molecule has 0 amide bonds. The molecule has 0 aliphatic heterocycles. The number of aromatic hydroxyl groups is 1. The number of hydrogen-bond acceptors (Lipinski definition) is 3. The van der Waals surface area contributed by atoms with Crippen molar-refractivity contribution >= 4 is 33.2 Å². The van der Waals surface area contributed by atoms with E-state index >= 15 is 0 Å². The fourth-order valence-corrected chi connectivity index (χ4v) is 3.64. The first-order valence-corrected chi connectivity index (χ1v) is 8.30. The second-order valence-corrected chi connectivity index (χ2v) is 7.06. The van der Waals surface area contributed by atoms with Gasteiger partial charge in [0, 0.05) is 16.1 Å². The van der Waals surface area contributed by atoms with Gasteiger partial charge in [-0.1, -0.05) is 29.3 Å². The number of benzene rings is 2. The Labute approximate surface area is 133 Å². The Morgan fingerprint density at radius 1 is 1.10 bits per heavy atom. The van der Waals surface area contributed by atoms with E-state index in [0.717, 1.165) is 0 Å². The molecule has 2 aromatic carbocycles. The fraction of sp³-hybridized carbons (Fsp3) is 0.143. The highest BCUT2D eigenvalue weighted by Crippen LogP contribution is 2.27. The van der Waals surface area contributed by atoms with Crippen molar-refractivity contribution < 1.29 is 13.5 Å². The van der Waals surface area contributed by atoms with E-state index in [2.05, 4.69) is 4.72 Å². The van der Waals surface area contributed by atoms with E-state index in [1.807, 2.05) is 0 Å². The van der Waals surface area contributed by atoms with Crippen molar-refractivity contribution in [2.75, 3.05) is 0 Å². The van der Waals surface area contributed by atoms with Crippen molar-refractivity contribution in [3.63, 3.8) is 0 Å². The van der Waals surface area contributed by atoms with Crippen LogP contribution in [0.15, 0.2) is 47.4 Å². The van der Waals surface area contributed by atoms with Crippen LogP contribution in [0.2, 0.25) is 10.0 Å². The lowest BCUT2D eigenvalue weighted by Crippen LogP contribution is -2.27. The largest absolute Gasteiger partial charge is 0.508 e. The van der Waals surface area contributed by atoms with Crippen LogP contribution in [0.1, 0.15) is 18.5 Å². The summed E-state index contributed by atoms with van der Waals surface area (Å²) in [4.78, 5) is 0.0669. The smallest absolute Gasteiger partial charge is 0.241 e. The summed E-state index contributed by atoms with van der Waals surface area (Å²) in [6.45, 7) is 1.69. The average molecular weight is 346 g/mol. The monoisotopic (exact) mass is 345 g/mol. The maximum atomic E-state index is 12.2. The van der Waals surface area contributed by atoms with Gasteiger partial charge in [-0.2, -0.15) is 0 Å². The minimum absolute atomic E-state index is 0.00254. The molecule has 7 heteroatoms. The first kappa shape index (κ1) is 16.1. The molecule has 0 spiro atoms. The summed E-state index contributed by atoms with van der Waals surface area (Å²) in [5.74, 6) is 0.00254. The number of phenolic OH excluding ortho intramolecular Hbond substituents is 1. The van der Waals surface area contributed by atoms with Crippen LogP contribution in [0.3, 0.4) is 0 Å². The summed E-state index contributed by atoms with van der Waals surface area (Å²) in [7, 11) is -3.70. The van der Waals surface area contributed by atoms with Crippen LogP contribution in [0.5, 0.6) is 5.75 Å². The third-order valence-electron chi connectivity index (χ3n) is 2.91. The molecule has 0 saturated carbocycles. The summed E-state index contributed by atoms with van der Waals surface area (Å²) in [6.07, 6.45) is 0. The quantitative estimate of drug-likeness (QED) is 0.886. The van der Waals surface area contributed by atoms with Gasteiger partial charge in [-0.3, -0.25) is 0 Å². The van der Waals surface area contributed by atoms with Gasteiger partial charge >= 0.3 is 0 Å². The predicted octanol–water partition coefficient (Wildman–Crippen LogP) is 3.74. The first-order chi connectivity index (χ1) is 9.79. The zero-order chi connectivity index (χ0) is 15.6. The van der Waals surface area contributed by atoms with Crippen LogP contribution in [-0.4, -0.2) is 13.5 Å². The van der Waals surface area contributed by atoms with Crippen LogP contribution in [-0.2, 0) is 10.0 Å². The molecule has 1 unspecified atom stereocenters. The standard InChI is InChI=1S/C14H13Cl2NO3S/c1-9(13-7-2-10(15)8-14(13)16)17-21(19,20)12-5-3-11(18)4-6-12/h2-9,17-18H,1H3. The third-order valence-corrected chi connectivity index (χ3v) is 5.03. The molecule has 4 nitrogen and oxygen atoms in total. The molecule has 2 aromatic rings. The topological polar surface area (TPSA) is 66.4 Å². The number of rotatable bonds is 4. The SMILES string of the molecule is CC(NS(=O)(=O)c1ccc(O)cc1)c1ccc(Cl)cc1Cl. The number of nitrogens with one attached hydrogen (secondary N) is 1. The van der Waals surface area contributed by atoms with Gasteiger partial charge in [-0.05, 0) is 48.9 Å². The molecule has 2 rings (SSSR count). The van der Waals surface area contributed by atoms with Crippen LogP contribution < -0.4 is 4.72 Å². The van der Waals surface area contributed by atoms with Gasteiger partial charge in [0.1, 0.15) is 5.75 Å². The van der Waals surface area contributed by atoms with E-state index in [4.69, 9.17) is 23.2 Å². The van der Waals surface area contributed by atoms with Gasteiger partial charge < -0.3 is 5.11 Å². The lowest BCUT2D eigenvalue weighted by molar-refractivity contribution is 0.474. The van der Waals surface area contributed by atoms with E-state index in [1.165, 1.54) is 24.3 Å². The Morgan fingerprint density at radius 2 is 1.71 bits per heavy atom. The van der Waals surface area contributed by atoms with Crippen LogP contribution in [0, 0.1) is 0 Å². The Bertz CT molecular complexity index is 745. The molecular weight excluding hydrogens is 333 g/mol. The van der Waals surface area contributed by atoms with Gasteiger partial charge in [0.05, 0.1) is 4.90 Å². The number of hydrogen-bond donors (Lipinski definition) is 2. The molecule has 1 atom stereocenters. The van der Waals surface area contributed by atoms with Crippen molar-refractivity contribution in [2.45, 2.75) is 17.9 Å². The zero-order valence-electron chi connectivity index (χ0n) is 11.0. The lowest BCUT2D eigenvalue weighted by atomic mass is 10.1. The summed E-state index contributed by atoms with van der Waals surface area (Å²) in [5, 5.41) is 10.1. The average Bonchev–Trinajstić information content (AvgIpc) is 2.38. The molecule has 0 aliphatic carbocycles. The highest BCUT2D eigenvalue weighted by atomic mass is 35.5. The normalized spacial score (nSPS) is 13.1. The second kappa shape index (κ2) is 6.23. The molecule has 112 valence electrons. The van der Waals surface area contributed by atoms with Crippen molar-refractivity contribution in [2.24, 2.45) is 0 Å². The van der Waals surface area contributed by atoms with Gasteiger partial charge in [-0.25, -0.2) is 13.1 Å². The molecule has 0 bridgehead atoms. The zero-order valence-corrected chi connectivity index (χ0v) is 13.4. The molecule has 0 aromatic heterocycles. The summed E-state index contributed by atoms with van der Waals surface area (Å²) >= 11 is 11.9. The van der Waals surface area contributed by atoms with Crippen molar-refractivity contribution in [1.29, 1.82) is 0 Å². The minimum Gasteiger partial charge on any atom is -0.508 e.